The van der Waals surface area contributed by atoms with Crippen LogP contribution in [0.1, 0.15) is 83.1 Å². The number of aliphatic hydroxyl groups excluding tert-OH is 4. The van der Waals surface area contributed by atoms with Crippen molar-refractivity contribution >= 4 is 25.1 Å². The largest absolute Gasteiger partial charge is 0 e. The maximum Gasteiger partial charge on any atom is 0 e. The van der Waals surface area contributed by atoms with Gasteiger partial charge in [0.1, 0.15) is 0 Å². The first-order chi connectivity index (χ1) is 14.2. The third kappa shape index (κ3) is 95.9. The molecule has 0 spiro atoms. The van der Waals surface area contributed by atoms with Gasteiger partial charge in [-0.1, -0.05) is 55.4 Å². The molecule has 198 valence electrons. The molecular weight excluding hydrogens is 639 g/mol. The van der Waals surface area contributed by atoms with Gasteiger partial charge in [-0.3, -0.25) is 0 Å². The maximum atomic E-state index is 8.14. The minimum absolute atomic E-state index is 0. The molecule has 0 atom stereocenters. The van der Waals surface area contributed by atoms with E-state index in [4.69, 9.17) is 25.8 Å². The molecule has 0 aromatic rings. The molecule has 0 aliphatic rings. The molecule has 2 radical (unpaired) electrons. The first-order valence-electron chi connectivity index (χ1n) is 11.6. The summed E-state index contributed by atoms with van der Waals surface area (Å²) in [7, 11) is 0. The Hall–Kier alpha value is 1.40. The zero-order valence-electron chi connectivity index (χ0n) is 23.3. The van der Waals surface area contributed by atoms with E-state index in [0.717, 1.165) is 13.2 Å². The molecule has 0 aliphatic carbocycles. The molecule has 32 heavy (non-hydrogen) atoms. The quantitative estimate of drug-likeness (QED) is 0.200. The van der Waals surface area contributed by atoms with Gasteiger partial charge in [0.15, 0.2) is 0 Å². The van der Waals surface area contributed by atoms with E-state index in [1.54, 1.807) is 0 Å². The molecule has 4 N–H and O–H groups in total. The third-order valence-electron chi connectivity index (χ3n) is 2.41. The predicted octanol–water partition coefficient (Wildman–Crippen LogP) is 4.40. The van der Waals surface area contributed by atoms with E-state index in [9.17, 15) is 0 Å². The van der Waals surface area contributed by atoms with E-state index in [0.29, 0.717) is 61.9 Å². The molecule has 0 heterocycles. The molecule has 0 unspecified atom stereocenters. The van der Waals surface area contributed by atoms with E-state index < -0.39 is 25.1 Å². The molecule has 0 amide bonds. The van der Waals surface area contributed by atoms with E-state index in [1.165, 1.54) is 0 Å². The first kappa shape index (κ1) is 46.7. The van der Waals surface area contributed by atoms with Crippen LogP contribution in [0.15, 0.2) is 0 Å². The average molecular weight is 698 g/mol. The topological polar surface area (TPSA) is 99.4 Å². The van der Waals surface area contributed by atoms with Crippen LogP contribution >= 0.6 is 0 Å². The fourth-order valence-electron chi connectivity index (χ4n) is 0.443. The van der Waals surface area contributed by atoms with Gasteiger partial charge < -0.3 is 20.4 Å². The van der Waals surface area contributed by atoms with Gasteiger partial charge in [-0.2, -0.15) is 0 Å². The van der Waals surface area contributed by atoms with Gasteiger partial charge in [-0.25, -0.2) is 0 Å². The van der Waals surface area contributed by atoms with Crippen LogP contribution in [0.5, 0.6) is 0 Å². The van der Waals surface area contributed by atoms with Crippen molar-refractivity contribution in [3.8, 4) is 0 Å². The van der Waals surface area contributed by atoms with Crippen molar-refractivity contribution in [3.05, 3.63) is 0 Å². The summed E-state index contributed by atoms with van der Waals surface area (Å²) in [5, 5.41) is 32.6. The van der Waals surface area contributed by atoms with E-state index in [-0.39, 0.29) is 21.7 Å². The van der Waals surface area contributed by atoms with E-state index in [2.05, 4.69) is 27.7 Å². The average Bonchev–Trinajstić information content (AvgIpc) is 2.68. The third-order valence-corrected chi connectivity index (χ3v) is 4.62. The summed E-state index contributed by atoms with van der Waals surface area (Å²) in [4.78, 5) is 0. The Bertz CT molecular complexity index is 237. The van der Waals surface area contributed by atoms with Crippen molar-refractivity contribution < 1.29 is 47.5 Å². The summed E-state index contributed by atoms with van der Waals surface area (Å²) in [6.07, 6.45) is 0. The van der Waals surface area contributed by atoms with Crippen LogP contribution in [-0.4, -0.2) is 85.2 Å². The minimum Gasteiger partial charge on any atom is 0 e. The van der Waals surface area contributed by atoms with Gasteiger partial charge in [-0.15, -0.1) is 0 Å². The first-order valence-corrected chi connectivity index (χ1v) is 14.8. The van der Waals surface area contributed by atoms with Crippen molar-refractivity contribution in [1.29, 1.82) is 0 Å². The number of hydrogen-bond donors (Lipinski definition) is 4. The zero-order chi connectivity index (χ0) is 25.8. The maximum absolute atomic E-state index is 8.14. The van der Waals surface area contributed by atoms with Crippen LogP contribution in [0.3, 0.4) is 0 Å². The Labute approximate surface area is 229 Å². The molecular formula is C24H58O6PbTi. The molecule has 0 aliphatic heterocycles. The molecule has 8 heteroatoms. The van der Waals surface area contributed by atoms with Gasteiger partial charge in [-0.05, 0) is 23.7 Å². The smallest absolute Gasteiger partial charge is 0 e. The van der Waals surface area contributed by atoms with Crippen molar-refractivity contribution in [1.82, 2.24) is 0 Å². The predicted molar refractivity (Wildman–Crippen MR) is 135 cm³/mol. The summed E-state index contributed by atoms with van der Waals surface area (Å²) in [5.41, 5.74) is 0. The summed E-state index contributed by atoms with van der Waals surface area (Å²) in [6.45, 7) is 27.4. The van der Waals surface area contributed by atoms with Crippen LogP contribution in [-0.2, 0) is 27.1 Å². The normalized spacial score (nSPS) is 9.94. The van der Waals surface area contributed by atoms with Gasteiger partial charge in [0.2, 0.25) is 0 Å². The summed E-state index contributed by atoms with van der Waals surface area (Å²) < 4.78 is 10.8. The SMILES string of the molecule is CC(C)CO.CC(C)CO.CC(C)CO.CC(C)CO.CC(C)C[O][Pb][O]CC(C)C.[Ti]. The molecule has 0 rings (SSSR count). The van der Waals surface area contributed by atoms with Crippen molar-refractivity contribution in [2.75, 3.05) is 39.6 Å². The number of aliphatic hydroxyl groups is 4. The second kappa shape index (κ2) is 39.6. The Balaban J connectivity index is -0.0000000695. The zero-order valence-corrected chi connectivity index (χ0v) is 28.8. The summed E-state index contributed by atoms with van der Waals surface area (Å²) in [5.74, 6) is 3.05. The number of hydrogen-bond acceptors (Lipinski definition) is 6. The summed E-state index contributed by atoms with van der Waals surface area (Å²) >= 11 is -1.12. The molecule has 6 nitrogen and oxygen atoms in total. The molecule has 0 saturated heterocycles. The second-order valence-corrected chi connectivity index (χ2v) is 12.7. The minimum atomic E-state index is -1.12. The van der Waals surface area contributed by atoms with Crippen LogP contribution in [0.4, 0.5) is 0 Å². The molecule has 0 fully saturated rings. The van der Waals surface area contributed by atoms with E-state index in [1.807, 2.05) is 55.4 Å². The fourth-order valence-corrected chi connectivity index (χ4v) is 3.89. The standard InChI is InChI=1S/4C4H10O.2C4H9O.Pb.Ti/c6*1-4(2)3-5;;/h4*4-5H,3H2,1-2H3;2*4H,3H2,1-2H3;;/q;;;;2*-1;+2;. The monoisotopic (exact) mass is 698 g/mol. The Morgan fingerprint density at radius 1 is 0.438 bits per heavy atom. The van der Waals surface area contributed by atoms with Crippen molar-refractivity contribution in [2.24, 2.45) is 35.5 Å². The van der Waals surface area contributed by atoms with Crippen LogP contribution < -0.4 is 0 Å². The summed E-state index contributed by atoms with van der Waals surface area (Å²) in [6, 6.07) is 0. The van der Waals surface area contributed by atoms with Crippen LogP contribution in [0.25, 0.3) is 0 Å². The Kier molecular flexibility index (Phi) is 57.8. The molecule has 0 aromatic carbocycles. The van der Waals surface area contributed by atoms with Crippen LogP contribution in [0.2, 0.25) is 0 Å². The van der Waals surface area contributed by atoms with Gasteiger partial charge in [0, 0.05) is 48.1 Å². The van der Waals surface area contributed by atoms with Gasteiger partial charge >= 0.3 is 83.3 Å². The van der Waals surface area contributed by atoms with Crippen LogP contribution in [0, 0.1) is 35.5 Å². The van der Waals surface area contributed by atoms with Crippen molar-refractivity contribution in [2.45, 2.75) is 83.1 Å². The van der Waals surface area contributed by atoms with Crippen molar-refractivity contribution in [3.63, 3.8) is 0 Å². The molecule has 0 bridgehead atoms. The Morgan fingerprint density at radius 2 is 0.594 bits per heavy atom. The van der Waals surface area contributed by atoms with E-state index >= 15 is 0 Å². The van der Waals surface area contributed by atoms with Gasteiger partial charge in [0.05, 0.1) is 0 Å². The number of rotatable bonds is 10. The fraction of sp³-hybridized carbons (Fsp3) is 1.00. The Morgan fingerprint density at radius 3 is 0.688 bits per heavy atom. The second-order valence-electron chi connectivity index (χ2n) is 9.80. The molecule has 0 aromatic heterocycles. The van der Waals surface area contributed by atoms with Gasteiger partial charge in [0.25, 0.3) is 0 Å². The molecule has 0 saturated carbocycles.